The summed E-state index contributed by atoms with van der Waals surface area (Å²) in [5.41, 5.74) is -30.4. The summed E-state index contributed by atoms with van der Waals surface area (Å²) < 4.78 is 427. The zero-order chi connectivity index (χ0) is 80.6. The largest absolute Gasteiger partial charge is 0.541 e. The number of benzene rings is 7. The molecule has 0 aromatic heterocycles. The van der Waals surface area contributed by atoms with Gasteiger partial charge in [0.1, 0.15) is 40.6 Å². The Kier molecular flexibility index (Phi) is 28.2. The average Bonchev–Trinajstić information content (AvgIpc) is 1.58. The molecule has 1 N–H and O–H groups in total. The van der Waals surface area contributed by atoms with E-state index in [0.717, 1.165) is 49.9 Å². The van der Waals surface area contributed by atoms with E-state index in [1.165, 1.54) is 24.4 Å². The molecule has 1 aliphatic carbocycles. The van der Waals surface area contributed by atoms with Crippen LogP contribution in [0.25, 0.3) is 21.9 Å². The molecule has 0 aliphatic heterocycles. The summed E-state index contributed by atoms with van der Waals surface area (Å²) >= 11 is 0. The SMILES string of the molecule is CC[Si](C)(CC)CCCCCCCC[Si](CCCCCCCC[Si](C(C)C)(C(C)C)C(C)C)(Oc1c(F)c(F)c(F)c2c(F)c([B-](c3c(F)c(F)c(F)c(F)c3F)(c3c(F)c(F)c(F)c(F)c3F)C3(F)c4c(F)c(F)c(F)c(F)c4-c4c(F)c(F)c(F)c(F)c43)c(F)c(F)c12)C(C)C.C[NH+](C)c1ccccc1. The van der Waals surface area contributed by atoms with Gasteiger partial charge in [0.25, 0.3) is 8.32 Å². The van der Waals surface area contributed by atoms with Crippen LogP contribution in [0.15, 0.2) is 30.3 Å². The molecule has 7 aromatic rings. The van der Waals surface area contributed by atoms with Crippen molar-refractivity contribution in [2.45, 2.75) is 217 Å². The summed E-state index contributed by atoms with van der Waals surface area (Å²) in [4.78, 5) is 1.37. The Bertz CT molecular complexity index is 4220. The van der Waals surface area contributed by atoms with E-state index in [1.54, 1.807) is 0 Å². The van der Waals surface area contributed by atoms with E-state index in [9.17, 15) is 0 Å². The molecule has 0 spiro atoms. The summed E-state index contributed by atoms with van der Waals surface area (Å²) in [6, 6.07) is 14.4. The van der Waals surface area contributed by atoms with Gasteiger partial charge >= 0.3 is 0 Å². The number of rotatable bonds is 31. The van der Waals surface area contributed by atoms with Crippen LogP contribution in [0, 0.1) is 140 Å². The van der Waals surface area contributed by atoms with Crippen LogP contribution in [0.1, 0.15) is 157 Å². The van der Waals surface area contributed by atoms with Gasteiger partial charge in [-0.1, -0.05) is 212 Å². The van der Waals surface area contributed by atoms with E-state index in [1.807, 2.05) is 6.07 Å². The lowest BCUT2D eigenvalue weighted by molar-refractivity contribution is -0.786. The van der Waals surface area contributed by atoms with E-state index in [-0.39, 0.29) is 24.9 Å². The molecule has 107 heavy (non-hydrogen) atoms. The van der Waals surface area contributed by atoms with Crippen molar-refractivity contribution >= 4 is 63.5 Å². The first kappa shape index (κ1) is 87.7. The average molecular weight is 1600 g/mol. The van der Waals surface area contributed by atoms with Crippen LogP contribution < -0.4 is 25.7 Å². The van der Waals surface area contributed by atoms with Gasteiger partial charge in [0.05, 0.1) is 38.5 Å². The lowest BCUT2D eigenvalue weighted by atomic mass is 9.08. The number of halogens is 25. The highest BCUT2D eigenvalue weighted by Crippen LogP contribution is 2.60. The van der Waals surface area contributed by atoms with Gasteiger partial charge in [-0.15, -0.1) is 16.4 Å². The lowest BCUT2D eigenvalue weighted by Crippen LogP contribution is -3.00. The first-order chi connectivity index (χ1) is 49.9. The number of nitrogens with one attached hydrogen (secondary N) is 1. The van der Waals surface area contributed by atoms with Crippen molar-refractivity contribution in [1.82, 2.24) is 0 Å². The Hall–Kier alpha value is -6.47. The minimum atomic E-state index is -8.29. The van der Waals surface area contributed by atoms with Gasteiger partial charge in [-0.25, -0.2) is 101 Å². The maximum atomic E-state index is 20.4. The second-order valence-electron chi connectivity index (χ2n) is 30.0. The van der Waals surface area contributed by atoms with Gasteiger partial charge in [0.2, 0.25) is 5.82 Å². The van der Waals surface area contributed by atoms with Crippen molar-refractivity contribution < 1.29 is 119 Å². The first-order valence-corrected chi connectivity index (χ1v) is 43.7. The molecule has 1 atom stereocenters. The fourth-order valence-electron chi connectivity index (χ4n) is 16.6. The molecule has 1 unspecified atom stereocenters. The topological polar surface area (TPSA) is 13.7 Å². The van der Waals surface area contributed by atoms with Crippen LogP contribution in [-0.2, 0) is 5.57 Å². The molecule has 590 valence electrons. The van der Waals surface area contributed by atoms with Gasteiger partial charge in [-0.05, 0) is 29.8 Å². The molecule has 0 amide bonds. The number of quaternary nitrogens is 1. The van der Waals surface area contributed by atoms with Gasteiger partial charge in [-0.2, -0.15) is 4.39 Å². The molecule has 1 aliphatic rings. The van der Waals surface area contributed by atoms with E-state index in [4.69, 9.17) is 4.43 Å². The van der Waals surface area contributed by atoms with Crippen molar-refractivity contribution in [2.24, 2.45) is 0 Å². The van der Waals surface area contributed by atoms with Gasteiger partial charge < -0.3 is 9.33 Å². The minimum absolute atomic E-state index is 0.118. The molecule has 0 saturated heterocycles. The minimum Gasteiger partial charge on any atom is -0.541 e. The second-order valence-corrected chi connectivity index (χ2v) is 46.2. The van der Waals surface area contributed by atoms with Crippen LogP contribution in [0.3, 0.4) is 0 Å². The molecular formula is C76H85BF25NOSi3. The summed E-state index contributed by atoms with van der Waals surface area (Å²) in [5.74, 6) is -89.5. The molecular weight excluding hydrogens is 1510 g/mol. The third-order valence-corrected chi connectivity index (χ3v) is 40.8. The standard InChI is InChI=1S/C68H73BF25OSi3.C8H11N/c1-12-96(11,13-2)26-22-18-14-15-19-23-27-97(30(3)4,28-24-20-16-17-21-25-29-98(31(5)6,32(7)8)33(9)10)95-67-37-36(46(73)57(84)66(67)93)43(70)40(50(77)47(37)74)69(41-51(78)60(87)64(91)61(88)52(41)79,42-53(80)62(89)65(92)63(90)54(42)81)68(94)38-34(44(71)55(82)58(85)48(38)75)35-39(68)49(76)59(86)56(83)45(35)72;1-9(2)8-6-4-3-5-7-8/h30-33H,12-29H2,1-11H3;3-7H,1-2H3/q-1;/p+1. The Morgan fingerprint density at radius 3 is 0.991 bits per heavy atom. The van der Waals surface area contributed by atoms with E-state index >= 15 is 110 Å². The molecule has 8 rings (SSSR count). The third kappa shape index (κ3) is 15.2. The molecule has 0 radical (unpaired) electrons. The Morgan fingerprint density at radius 2 is 0.645 bits per heavy atom. The van der Waals surface area contributed by atoms with E-state index in [2.05, 4.69) is 100 Å². The number of hydrogen-bond donors (Lipinski definition) is 1. The molecule has 0 saturated carbocycles. The summed E-state index contributed by atoms with van der Waals surface area (Å²) in [7, 11) is -3.22. The van der Waals surface area contributed by atoms with Crippen LogP contribution in [-0.4, -0.2) is 44.7 Å². The van der Waals surface area contributed by atoms with Crippen molar-refractivity contribution in [3.05, 3.63) is 181 Å². The number of fused-ring (bicyclic) bond motifs is 4. The first-order valence-electron chi connectivity index (χ1n) is 35.8. The molecule has 0 bridgehead atoms. The smallest absolute Gasteiger partial charge is 0.253 e. The predicted octanol–water partition coefficient (Wildman–Crippen LogP) is 23.8. The van der Waals surface area contributed by atoms with E-state index < -0.39 is 236 Å². The van der Waals surface area contributed by atoms with Crippen molar-refractivity contribution in [3.63, 3.8) is 0 Å². The Morgan fingerprint density at radius 1 is 0.346 bits per heavy atom. The predicted molar refractivity (Wildman–Crippen MR) is 373 cm³/mol. The summed E-state index contributed by atoms with van der Waals surface area (Å²) in [6.45, 7) is 22.8. The zero-order valence-corrected chi connectivity index (χ0v) is 64.4. The number of unbranched alkanes of at least 4 members (excludes halogenated alkanes) is 10. The zero-order valence-electron chi connectivity index (χ0n) is 61.4. The van der Waals surface area contributed by atoms with Crippen LogP contribution in [0.4, 0.5) is 115 Å². The van der Waals surface area contributed by atoms with Crippen molar-refractivity contribution in [1.29, 1.82) is 0 Å². The molecule has 0 heterocycles. The monoisotopic (exact) mass is 1600 g/mol. The highest BCUT2D eigenvalue weighted by atomic mass is 28.4. The molecule has 31 heteroatoms. The Labute approximate surface area is 608 Å². The maximum absolute atomic E-state index is 20.4. The van der Waals surface area contributed by atoms with Crippen LogP contribution in [0.2, 0.25) is 65.0 Å². The van der Waals surface area contributed by atoms with Crippen molar-refractivity contribution in [3.8, 4) is 16.9 Å². The normalized spacial score (nSPS) is 13.8. The fourth-order valence-corrected chi connectivity index (χ4v) is 29.7. The number of hydrogen-bond acceptors (Lipinski definition) is 1. The third-order valence-electron chi connectivity index (χ3n) is 23.0. The quantitative estimate of drug-likeness (QED) is 0.0150. The van der Waals surface area contributed by atoms with Gasteiger partial charge in [-0.3, -0.25) is 4.39 Å². The fraction of sp³-hybridized carbons (Fsp3) is 0.474. The molecule has 2 nitrogen and oxygen atoms in total. The van der Waals surface area contributed by atoms with Crippen molar-refractivity contribution in [2.75, 3.05) is 14.1 Å². The maximum Gasteiger partial charge on any atom is 0.253 e. The highest BCUT2D eigenvalue weighted by molar-refractivity contribution is 7.14. The van der Waals surface area contributed by atoms with Crippen LogP contribution in [0.5, 0.6) is 5.75 Å². The van der Waals surface area contributed by atoms with Gasteiger partial charge in [0.15, 0.2) is 111 Å². The van der Waals surface area contributed by atoms with Gasteiger partial charge in [0, 0.05) is 30.3 Å². The summed E-state index contributed by atoms with van der Waals surface area (Å²) in [5, 5.41) is -5.31. The second kappa shape index (κ2) is 34.4. The van der Waals surface area contributed by atoms with E-state index in [0.29, 0.717) is 55.1 Å². The molecule has 7 aromatic carbocycles. The molecule has 0 fully saturated rings. The summed E-state index contributed by atoms with van der Waals surface area (Å²) in [6.07, 6.45) is -1.20. The lowest BCUT2D eigenvalue weighted by Gasteiger charge is -2.53. The number of alkyl halides is 1. The number of para-hydroxylation sites is 1. The van der Waals surface area contributed by atoms with Crippen LogP contribution >= 0.6 is 0 Å². The highest BCUT2D eigenvalue weighted by Gasteiger charge is 2.67. The Balaban J connectivity index is 0.00000165.